The summed E-state index contributed by atoms with van der Waals surface area (Å²) in [7, 11) is 0. The zero-order valence-electron chi connectivity index (χ0n) is 14.3. The van der Waals surface area contributed by atoms with Crippen molar-refractivity contribution in [3.05, 3.63) is 23.3 Å². The molecule has 6 N–H and O–H groups in total. The van der Waals surface area contributed by atoms with Crippen LogP contribution in [-0.2, 0) is 32.3 Å². The number of carbonyl (C=O) groups is 2. The minimum atomic E-state index is -0.924. The maximum atomic E-state index is 11.8. The average molecular weight is 392 g/mol. The van der Waals surface area contributed by atoms with Gasteiger partial charge in [0.05, 0.1) is 12.8 Å². The molecule has 0 saturated heterocycles. The lowest BCUT2D eigenvalue weighted by molar-refractivity contribution is -0.151. The molecule has 1 aliphatic heterocycles. The second-order valence-corrected chi connectivity index (χ2v) is 6.08. The van der Waals surface area contributed by atoms with Gasteiger partial charge in [-0.1, -0.05) is 0 Å². The molecule has 0 aromatic heterocycles. The maximum Gasteiger partial charge on any atom is 0.306 e. The van der Waals surface area contributed by atoms with Crippen LogP contribution in [0.1, 0.15) is 24.0 Å². The number of benzene rings is 2. The zero-order valence-corrected chi connectivity index (χ0v) is 14.3. The molecule has 0 amide bonds. The first-order valence-corrected chi connectivity index (χ1v) is 8.05. The Kier molecular flexibility index (Phi) is 4.78. The van der Waals surface area contributed by atoms with E-state index in [2.05, 4.69) is 0 Å². The molecule has 1 heterocycles. The van der Waals surface area contributed by atoms with Crippen LogP contribution in [-0.4, -0.2) is 42.6 Å². The molecule has 0 saturated carbocycles. The highest BCUT2D eigenvalue weighted by molar-refractivity contribution is 5.87. The highest BCUT2D eigenvalue weighted by Gasteiger charge is 2.28. The fourth-order valence-corrected chi connectivity index (χ4v) is 2.85. The monoisotopic (exact) mass is 392 g/mol. The van der Waals surface area contributed by atoms with Gasteiger partial charge in [0.1, 0.15) is 13.2 Å². The van der Waals surface area contributed by atoms with E-state index in [-0.39, 0.29) is 35.1 Å². The summed E-state index contributed by atoms with van der Waals surface area (Å²) in [6, 6.07) is 2.01. The number of hydrogen-bond acceptors (Lipinski definition) is 10. The van der Waals surface area contributed by atoms with Gasteiger partial charge in [0.2, 0.25) is 11.5 Å². The molecule has 0 radical (unpaired) electrons. The Morgan fingerprint density at radius 2 is 0.964 bits per heavy atom. The Morgan fingerprint density at radius 3 is 1.32 bits per heavy atom. The first-order valence-electron chi connectivity index (χ1n) is 8.05. The standard InChI is InChI=1S/C18H16O10/c19-9-3-7-5-27-11(21)1-2-12(22)28-6-8-4-10(20)16(24)18(26)14(8)13(7)17(25)15(9)23/h3-4,19-20,23-26H,1-2,5-6H2. The first-order chi connectivity index (χ1) is 13.2. The van der Waals surface area contributed by atoms with Crippen molar-refractivity contribution < 1.29 is 49.7 Å². The molecule has 10 nitrogen and oxygen atoms in total. The highest BCUT2D eigenvalue weighted by Crippen LogP contribution is 2.52. The van der Waals surface area contributed by atoms with Crippen LogP contribution in [0.5, 0.6) is 34.5 Å². The van der Waals surface area contributed by atoms with E-state index in [9.17, 15) is 40.2 Å². The Bertz CT molecular complexity index is 900. The second-order valence-electron chi connectivity index (χ2n) is 6.08. The molecule has 2 aromatic rings. The number of ether oxygens (including phenoxy) is 2. The summed E-state index contributed by atoms with van der Waals surface area (Å²) in [5, 5.41) is 60.1. The van der Waals surface area contributed by atoms with Crippen molar-refractivity contribution in [2.75, 3.05) is 0 Å². The molecule has 0 bridgehead atoms. The minimum Gasteiger partial charge on any atom is -0.504 e. The van der Waals surface area contributed by atoms with Crippen LogP contribution in [0.3, 0.4) is 0 Å². The Balaban J connectivity index is 2.33. The molecule has 3 rings (SSSR count). The molecule has 2 aromatic carbocycles. The molecule has 0 atom stereocenters. The summed E-state index contributed by atoms with van der Waals surface area (Å²) in [5.74, 6) is -6.54. The second kappa shape index (κ2) is 7.06. The molecule has 10 heteroatoms. The van der Waals surface area contributed by atoms with E-state index in [0.29, 0.717) is 0 Å². The Hall–Kier alpha value is -3.82. The Labute approximate surface area is 157 Å². The number of esters is 2. The van der Waals surface area contributed by atoms with Gasteiger partial charge in [0.25, 0.3) is 0 Å². The van der Waals surface area contributed by atoms with Gasteiger partial charge in [-0.05, 0) is 12.1 Å². The lowest BCUT2D eigenvalue weighted by Gasteiger charge is -2.20. The number of carbonyl (C=O) groups excluding carboxylic acids is 2. The van der Waals surface area contributed by atoms with Crippen molar-refractivity contribution in [1.82, 2.24) is 0 Å². The minimum absolute atomic E-state index is 0.0188. The normalized spacial score (nSPS) is 14.7. The highest BCUT2D eigenvalue weighted by atomic mass is 16.5. The molecule has 0 fully saturated rings. The molecular weight excluding hydrogens is 376 g/mol. The van der Waals surface area contributed by atoms with Crippen molar-refractivity contribution in [1.29, 1.82) is 0 Å². The smallest absolute Gasteiger partial charge is 0.306 e. The van der Waals surface area contributed by atoms with Gasteiger partial charge in [-0.25, -0.2) is 0 Å². The third kappa shape index (κ3) is 3.27. The predicted molar refractivity (Wildman–Crippen MR) is 90.7 cm³/mol. The number of phenolic OH excluding ortho intramolecular Hbond substituents is 6. The van der Waals surface area contributed by atoms with Crippen LogP contribution in [0.25, 0.3) is 11.1 Å². The van der Waals surface area contributed by atoms with Gasteiger partial charge in [-0.3, -0.25) is 9.59 Å². The largest absolute Gasteiger partial charge is 0.504 e. The molecule has 0 aliphatic carbocycles. The predicted octanol–water partition coefficient (Wildman–Crippen LogP) is 1.47. The number of aromatic hydroxyl groups is 6. The number of hydrogen-bond donors (Lipinski definition) is 6. The van der Waals surface area contributed by atoms with Crippen LogP contribution in [0.2, 0.25) is 0 Å². The summed E-state index contributed by atoms with van der Waals surface area (Å²) >= 11 is 0. The van der Waals surface area contributed by atoms with Crippen LogP contribution in [0.15, 0.2) is 12.1 Å². The van der Waals surface area contributed by atoms with E-state index >= 15 is 0 Å². The quantitative estimate of drug-likeness (QED) is 0.284. The maximum absolute atomic E-state index is 11.8. The van der Waals surface area contributed by atoms with E-state index in [4.69, 9.17) is 9.47 Å². The molecular formula is C18H16O10. The van der Waals surface area contributed by atoms with Gasteiger partial charge >= 0.3 is 11.9 Å². The fourth-order valence-electron chi connectivity index (χ4n) is 2.85. The fraction of sp³-hybridized carbons (Fsp3) is 0.222. The lowest BCUT2D eigenvalue weighted by Crippen LogP contribution is -2.12. The van der Waals surface area contributed by atoms with Gasteiger partial charge in [0.15, 0.2) is 23.0 Å². The van der Waals surface area contributed by atoms with Crippen molar-refractivity contribution in [2.45, 2.75) is 26.1 Å². The van der Waals surface area contributed by atoms with Gasteiger partial charge in [-0.2, -0.15) is 0 Å². The first kappa shape index (κ1) is 19.0. The SMILES string of the molecule is O=C1CCC(=O)OCc2cc(O)c(O)c(O)c2-c2c(cc(O)c(O)c2O)CO1. The lowest BCUT2D eigenvalue weighted by atomic mass is 9.92. The van der Waals surface area contributed by atoms with E-state index in [1.54, 1.807) is 0 Å². The molecule has 1 aliphatic rings. The van der Waals surface area contributed by atoms with E-state index in [1.807, 2.05) is 0 Å². The third-order valence-corrected chi connectivity index (χ3v) is 4.23. The molecule has 0 spiro atoms. The van der Waals surface area contributed by atoms with Crippen molar-refractivity contribution in [2.24, 2.45) is 0 Å². The number of fused-ring (bicyclic) bond motifs is 3. The summed E-state index contributed by atoms with van der Waals surface area (Å²) in [4.78, 5) is 23.6. The average Bonchev–Trinajstić information content (AvgIpc) is 2.66. The van der Waals surface area contributed by atoms with Gasteiger partial charge < -0.3 is 40.1 Å². The summed E-state index contributed by atoms with van der Waals surface area (Å²) in [5.41, 5.74) is -0.616. The number of cyclic esters (lactones) is 2. The molecule has 0 unspecified atom stereocenters. The summed E-state index contributed by atoms with van der Waals surface area (Å²) in [6.07, 6.45) is -0.549. The van der Waals surface area contributed by atoms with Crippen molar-refractivity contribution in [3.63, 3.8) is 0 Å². The van der Waals surface area contributed by atoms with E-state index in [0.717, 1.165) is 12.1 Å². The molecule has 28 heavy (non-hydrogen) atoms. The number of phenols is 6. The van der Waals surface area contributed by atoms with Crippen LogP contribution in [0, 0.1) is 0 Å². The van der Waals surface area contributed by atoms with Gasteiger partial charge in [-0.15, -0.1) is 0 Å². The Morgan fingerprint density at radius 1 is 0.607 bits per heavy atom. The zero-order chi connectivity index (χ0) is 20.6. The third-order valence-electron chi connectivity index (χ3n) is 4.23. The van der Waals surface area contributed by atoms with Crippen LogP contribution in [0.4, 0.5) is 0 Å². The molecule has 148 valence electrons. The van der Waals surface area contributed by atoms with Crippen molar-refractivity contribution >= 4 is 11.9 Å². The van der Waals surface area contributed by atoms with Gasteiger partial charge in [0, 0.05) is 22.3 Å². The van der Waals surface area contributed by atoms with E-state index in [1.165, 1.54) is 0 Å². The number of rotatable bonds is 0. The van der Waals surface area contributed by atoms with Crippen LogP contribution < -0.4 is 0 Å². The summed E-state index contributed by atoms with van der Waals surface area (Å²) in [6.45, 7) is -0.962. The van der Waals surface area contributed by atoms with Crippen LogP contribution >= 0.6 is 0 Å². The van der Waals surface area contributed by atoms with E-state index < -0.39 is 59.6 Å². The van der Waals surface area contributed by atoms with Crippen molar-refractivity contribution in [3.8, 4) is 45.6 Å². The topological polar surface area (TPSA) is 174 Å². The summed E-state index contributed by atoms with van der Waals surface area (Å²) < 4.78 is 10.0.